The van der Waals surface area contributed by atoms with Gasteiger partial charge in [-0.1, -0.05) is 42.5 Å². The molecule has 158 valence electrons. The fourth-order valence-corrected chi connectivity index (χ4v) is 2.58. The standard InChI is InChI=1S/C25H28O5/c1-5-28-23(26)17-15-21-20(14-16-24(27)30-25(2,3)4)12-9-13-22(21)29-18-19-10-7-6-8-11-19/h6-17H,5,18H2,1-4H3/b16-14+,17-15+. The molecule has 0 saturated heterocycles. The van der Waals surface area contributed by atoms with E-state index >= 15 is 0 Å². The number of ether oxygens (including phenoxy) is 3. The van der Waals surface area contributed by atoms with E-state index in [1.807, 2.05) is 69.3 Å². The molecule has 0 heterocycles. The van der Waals surface area contributed by atoms with Crippen molar-refractivity contribution in [3.05, 3.63) is 77.4 Å². The van der Waals surface area contributed by atoms with Crippen molar-refractivity contribution in [1.82, 2.24) is 0 Å². The summed E-state index contributed by atoms with van der Waals surface area (Å²) in [6, 6.07) is 15.3. The minimum Gasteiger partial charge on any atom is -0.488 e. The van der Waals surface area contributed by atoms with Gasteiger partial charge in [-0.2, -0.15) is 0 Å². The van der Waals surface area contributed by atoms with Gasteiger partial charge in [0.15, 0.2) is 0 Å². The lowest BCUT2D eigenvalue weighted by molar-refractivity contribution is -0.148. The summed E-state index contributed by atoms with van der Waals surface area (Å²) in [6.45, 7) is 7.84. The SMILES string of the molecule is CCOC(=O)/C=C/c1c(/C=C/C(=O)OC(C)(C)C)cccc1OCc1ccccc1. The Morgan fingerprint density at radius 2 is 1.60 bits per heavy atom. The second-order valence-corrected chi connectivity index (χ2v) is 7.49. The van der Waals surface area contributed by atoms with Crippen LogP contribution in [0.4, 0.5) is 0 Å². The highest BCUT2D eigenvalue weighted by atomic mass is 16.6. The Balaban J connectivity index is 2.30. The summed E-state index contributed by atoms with van der Waals surface area (Å²) in [5.74, 6) is -0.304. The van der Waals surface area contributed by atoms with Crippen molar-refractivity contribution in [2.75, 3.05) is 6.61 Å². The number of benzene rings is 2. The van der Waals surface area contributed by atoms with Crippen LogP contribution in [0.15, 0.2) is 60.7 Å². The predicted octanol–water partition coefficient (Wildman–Crippen LogP) is 5.20. The molecule has 0 aliphatic heterocycles. The number of carbonyl (C=O) groups excluding carboxylic acids is 2. The van der Waals surface area contributed by atoms with Gasteiger partial charge >= 0.3 is 11.9 Å². The third-order valence-corrected chi connectivity index (χ3v) is 3.82. The molecule has 0 aliphatic carbocycles. The number of hydrogen-bond acceptors (Lipinski definition) is 5. The molecule has 0 unspecified atom stereocenters. The number of hydrogen-bond donors (Lipinski definition) is 0. The molecule has 2 aromatic rings. The van der Waals surface area contributed by atoms with Gasteiger partial charge in [-0.05, 0) is 57.0 Å². The maximum atomic E-state index is 12.1. The lowest BCUT2D eigenvalue weighted by Gasteiger charge is -2.18. The Kier molecular flexibility index (Phi) is 8.41. The van der Waals surface area contributed by atoms with Crippen LogP contribution in [0.25, 0.3) is 12.2 Å². The van der Waals surface area contributed by atoms with Gasteiger partial charge in [0.25, 0.3) is 0 Å². The molecule has 5 nitrogen and oxygen atoms in total. The first-order valence-corrected chi connectivity index (χ1v) is 9.84. The van der Waals surface area contributed by atoms with Crippen molar-refractivity contribution >= 4 is 24.1 Å². The molecule has 0 aromatic heterocycles. The van der Waals surface area contributed by atoms with E-state index in [9.17, 15) is 9.59 Å². The lowest BCUT2D eigenvalue weighted by Crippen LogP contribution is -2.22. The number of carbonyl (C=O) groups is 2. The van der Waals surface area contributed by atoms with E-state index in [0.717, 1.165) is 5.56 Å². The van der Waals surface area contributed by atoms with E-state index in [2.05, 4.69) is 0 Å². The summed E-state index contributed by atoms with van der Waals surface area (Å²) in [5.41, 5.74) is 1.83. The van der Waals surface area contributed by atoms with Gasteiger partial charge in [0.05, 0.1) is 6.61 Å². The Bertz CT molecular complexity index is 905. The molecular weight excluding hydrogens is 380 g/mol. The summed E-state index contributed by atoms with van der Waals surface area (Å²) in [4.78, 5) is 23.9. The summed E-state index contributed by atoms with van der Waals surface area (Å²) < 4.78 is 16.3. The van der Waals surface area contributed by atoms with Gasteiger partial charge in [0.1, 0.15) is 18.0 Å². The molecule has 0 atom stereocenters. The first kappa shape index (κ1) is 22.9. The highest BCUT2D eigenvalue weighted by Crippen LogP contribution is 2.26. The maximum Gasteiger partial charge on any atom is 0.331 e. The van der Waals surface area contributed by atoms with Gasteiger partial charge in [-0.15, -0.1) is 0 Å². The smallest absolute Gasteiger partial charge is 0.331 e. The Morgan fingerprint density at radius 3 is 2.27 bits per heavy atom. The molecule has 0 aliphatic rings. The lowest BCUT2D eigenvalue weighted by atomic mass is 10.0. The monoisotopic (exact) mass is 408 g/mol. The third kappa shape index (κ3) is 7.95. The maximum absolute atomic E-state index is 12.1. The van der Waals surface area contributed by atoms with Crippen molar-refractivity contribution in [2.24, 2.45) is 0 Å². The Morgan fingerprint density at radius 1 is 0.900 bits per heavy atom. The molecule has 0 N–H and O–H groups in total. The second-order valence-electron chi connectivity index (χ2n) is 7.49. The van der Waals surface area contributed by atoms with E-state index in [1.54, 1.807) is 19.1 Å². The molecule has 2 aromatic carbocycles. The Hall–Kier alpha value is -3.34. The first-order chi connectivity index (χ1) is 14.3. The predicted molar refractivity (Wildman–Crippen MR) is 118 cm³/mol. The molecule has 5 heteroatoms. The minimum atomic E-state index is -0.575. The summed E-state index contributed by atoms with van der Waals surface area (Å²) in [7, 11) is 0. The van der Waals surface area contributed by atoms with Gasteiger partial charge in [0, 0.05) is 17.7 Å². The van der Waals surface area contributed by atoms with Gasteiger partial charge in [-0.3, -0.25) is 0 Å². The molecule has 0 amide bonds. The first-order valence-electron chi connectivity index (χ1n) is 9.84. The number of esters is 2. The zero-order valence-corrected chi connectivity index (χ0v) is 17.9. The average Bonchev–Trinajstić information content (AvgIpc) is 2.69. The molecule has 0 spiro atoms. The van der Waals surface area contributed by atoms with Crippen LogP contribution in [0.1, 0.15) is 44.4 Å². The average molecular weight is 408 g/mol. The topological polar surface area (TPSA) is 61.8 Å². The van der Waals surface area contributed by atoms with Crippen LogP contribution in [0.3, 0.4) is 0 Å². The normalized spacial score (nSPS) is 11.6. The fraction of sp³-hybridized carbons (Fsp3) is 0.280. The third-order valence-electron chi connectivity index (χ3n) is 3.82. The van der Waals surface area contributed by atoms with E-state index in [0.29, 0.717) is 30.1 Å². The van der Waals surface area contributed by atoms with E-state index < -0.39 is 17.5 Å². The van der Waals surface area contributed by atoms with Crippen LogP contribution in [-0.2, 0) is 25.7 Å². The van der Waals surface area contributed by atoms with Crippen LogP contribution in [-0.4, -0.2) is 24.1 Å². The second kappa shape index (κ2) is 11.0. The van der Waals surface area contributed by atoms with Crippen molar-refractivity contribution in [3.63, 3.8) is 0 Å². The molecule has 0 radical (unpaired) electrons. The highest BCUT2D eigenvalue weighted by Gasteiger charge is 2.14. The van der Waals surface area contributed by atoms with Crippen LogP contribution in [0.5, 0.6) is 5.75 Å². The van der Waals surface area contributed by atoms with Gasteiger partial charge in [-0.25, -0.2) is 9.59 Å². The summed E-state index contributed by atoms with van der Waals surface area (Å²) >= 11 is 0. The molecule has 30 heavy (non-hydrogen) atoms. The van der Waals surface area contributed by atoms with E-state index in [4.69, 9.17) is 14.2 Å². The molecule has 0 fully saturated rings. The summed E-state index contributed by atoms with van der Waals surface area (Å²) in [5, 5.41) is 0. The highest BCUT2D eigenvalue weighted by molar-refractivity contribution is 5.91. The zero-order valence-electron chi connectivity index (χ0n) is 17.9. The van der Waals surface area contributed by atoms with Crippen molar-refractivity contribution < 1.29 is 23.8 Å². The van der Waals surface area contributed by atoms with Crippen molar-refractivity contribution in [3.8, 4) is 5.75 Å². The number of rotatable bonds is 8. The largest absolute Gasteiger partial charge is 0.488 e. The zero-order chi connectivity index (χ0) is 22.0. The van der Waals surface area contributed by atoms with Crippen molar-refractivity contribution in [2.45, 2.75) is 39.9 Å². The van der Waals surface area contributed by atoms with Crippen LogP contribution in [0.2, 0.25) is 0 Å². The van der Waals surface area contributed by atoms with Crippen LogP contribution >= 0.6 is 0 Å². The Labute approximate surface area is 178 Å². The minimum absolute atomic E-state index is 0.292. The molecule has 0 bridgehead atoms. The summed E-state index contributed by atoms with van der Waals surface area (Å²) in [6.07, 6.45) is 5.99. The van der Waals surface area contributed by atoms with Gasteiger partial charge < -0.3 is 14.2 Å². The van der Waals surface area contributed by atoms with Crippen LogP contribution in [0, 0.1) is 0 Å². The molecule has 2 rings (SSSR count). The molecule has 0 saturated carbocycles. The van der Waals surface area contributed by atoms with Crippen LogP contribution < -0.4 is 4.74 Å². The quantitative estimate of drug-likeness (QED) is 0.444. The van der Waals surface area contributed by atoms with E-state index in [-0.39, 0.29) is 0 Å². The van der Waals surface area contributed by atoms with Crippen molar-refractivity contribution in [1.29, 1.82) is 0 Å². The fourth-order valence-electron chi connectivity index (χ4n) is 2.58. The van der Waals surface area contributed by atoms with E-state index in [1.165, 1.54) is 12.2 Å². The molecular formula is C25H28O5. The van der Waals surface area contributed by atoms with Gasteiger partial charge in [0.2, 0.25) is 0 Å².